The third-order valence-electron chi connectivity index (χ3n) is 3.43. The van der Waals surface area contributed by atoms with E-state index in [4.69, 9.17) is 40.1 Å². The van der Waals surface area contributed by atoms with Gasteiger partial charge in [0, 0.05) is 16.2 Å². The quantitative estimate of drug-likeness (QED) is 0.622. The molecule has 0 bridgehead atoms. The Morgan fingerprint density at radius 2 is 2.00 bits per heavy atom. The van der Waals surface area contributed by atoms with Crippen LogP contribution in [-0.2, 0) is 17.0 Å². The van der Waals surface area contributed by atoms with Crippen LogP contribution in [0.5, 0.6) is 0 Å². The minimum atomic E-state index is -0.977. The Morgan fingerprint density at radius 1 is 1.26 bits per heavy atom. The van der Waals surface area contributed by atoms with E-state index >= 15 is 0 Å². The number of thiocarbonyl (C=S) groups is 1. The molecule has 0 aliphatic carbocycles. The van der Waals surface area contributed by atoms with Gasteiger partial charge in [-0.1, -0.05) is 65.4 Å². The Hall–Kier alpha value is -0.755. The lowest BCUT2D eigenvalue weighted by Crippen LogP contribution is -2.29. The van der Waals surface area contributed by atoms with Crippen molar-refractivity contribution in [1.29, 1.82) is 0 Å². The highest BCUT2D eigenvalue weighted by molar-refractivity contribution is 8.22. The van der Waals surface area contributed by atoms with E-state index in [0.29, 0.717) is 32.1 Å². The largest absolute Gasteiger partial charge is 0.493 e. The summed E-state index contributed by atoms with van der Waals surface area (Å²) < 4.78 is 5.78. The van der Waals surface area contributed by atoms with Crippen molar-refractivity contribution in [2.24, 2.45) is 0 Å². The predicted molar refractivity (Wildman–Crippen MR) is 103 cm³/mol. The summed E-state index contributed by atoms with van der Waals surface area (Å²) in [5, 5.41) is 14.1. The molecule has 1 aliphatic rings. The topological polar surface area (TPSA) is 41.5 Å². The Morgan fingerprint density at radius 3 is 2.74 bits per heavy atom. The van der Waals surface area contributed by atoms with Gasteiger partial charge in [0.05, 0.1) is 17.3 Å². The highest BCUT2D eigenvalue weighted by Gasteiger charge is 2.31. The lowest BCUT2D eigenvalue weighted by Gasteiger charge is -2.12. The maximum absolute atomic E-state index is 9.81. The molecule has 3 rings (SSSR count). The van der Waals surface area contributed by atoms with Crippen LogP contribution in [0.15, 0.2) is 36.4 Å². The van der Waals surface area contributed by atoms with Gasteiger partial charge < -0.3 is 15.0 Å². The summed E-state index contributed by atoms with van der Waals surface area (Å²) in [5.74, 6) is 0.733. The summed E-state index contributed by atoms with van der Waals surface area (Å²) in [6.45, 7) is 0.367. The lowest BCUT2D eigenvalue weighted by atomic mass is 9.79. The Bertz CT molecular complexity index is 743. The fraction of sp³-hybridized carbons (Fsp3) is 0.133. The van der Waals surface area contributed by atoms with Crippen molar-refractivity contribution in [3.63, 3.8) is 0 Å². The number of benzene rings is 2. The van der Waals surface area contributed by atoms with Crippen molar-refractivity contribution in [3.05, 3.63) is 57.6 Å². The van der Waals surface area contributed by atoms with Crippen LogP contribution in [0, 0.1) is 0 Å². The standard InChI is InChI=1S/C15H12BCl2NO2S2/c17-11-4-1-9(2-5-11)8-23-15(22)19-12-6-3-10-7-21-16(20)13(10)14(12)18/h1-6,20H,7-8H2,(H,19,22). The predicted octanol–water partition coefficient (Wildman–Crippen LogP) is 3.84. The van der Waals surface area contributed by atoms with E-state index in [1.54, 1.807) is 0 Å². The van der Waals surface area contributed by atoms with Gasteiger partial charge >= 0.3 is 7.12 Å². The first kappa shape index (κ1) is 17.1. The Kier molecular flexibility index (Phi) is 5.51. The van der Waals surface area contributed by atoms with Gasteiger partial charge in [-0.15, -0.1) is 0 Å². The molecule has 3 nitrogen and oxygen atoms in total. The second-order valence-electron chi connectivity index (χ2n) is 4.99. The first-order valence-electron chi connectivity index (χ1n) is 6.84. The van der Waals surface area contributed by atoms with E-state index in [-0.39, 0.29) is 0 Å². The van der Waals surface area contributed by atoms with Crippen molar-refractivity contribution in [3.8, 4) is 0 Å². The molecule has 0 saturated heterocycles. The number of nitrogens with one attached hydrogen (secondary N) is 1. The number of rotatable bonds is 3. The van der Waals surface area contributed by atoms with Crippen LogP contribution >= 0.6 is 47.2 Å². The molecular formula is C15H12BCl2NO2S2. The van der Waals surface area contributed by atoms with Crippen molar-refractivity contribution in [1.82, 2.24) is 0 Å². The van der Waals surface area contributed by atoms with Gasteiger partial charge in [-0.2, -0.15) is 0 Å². The molecular weight excluding hydrogens is 372 g/mol. The zero-order valence-electron chi connectivity index (χ0n) is 11.9. The van der Waals surface area contributed by atoms with Crippen LogP contribution in [0.25, 0.3) is 0 Å². The van der Waals surface area contributed by atoms with E-state index < -0.39 is 7.12 Å². The number of hydrogen-bond acceptors (Lipinski definition) is 4. The third-order valence-corrected chi connectivity index (χ3v) is 5.39. The molecule has 0 spiro atoms. The van der Waals surface area contributed by atoms with E-state index in [1.165, 1.54) is 11.8 Å². The maximum atomic E-state index is 9.81. The molecule has 0 amide bonds. The van der Waals surface area contributed by atoms with E-state index in [9.17, 15) is 5.02 Å². The maximum Gasteiger partial charge on any atom is 0.493 e. The number of thioether (sulfide) groups is 1. The molecule has 2 aromatic rings. The van der Waals surface area contributed by atoms with Crippen LogP contribution in [-0.4, -0.2) is 16.5 Å². The van der Waals surface area contributed by atoms with Gasteiger partial charge in [0.15, 0.2) is 0 Å². The normalized spacial score (nSPS) is 13.1. The Labute approximate surface area is 154 Å². The van der Waals surface area contributed by atoms with E-state index in [1.807, 2.05) is 36.4 Å². The fourth-order valence-corrected chi connectivity index (χ4v) is 3.66. The molecule has 8 heteroatoms. The SMILES string of the molecule is OB1OCc2ccc(NC(=S)SCc3ccc(Cl)cc3)c(Cl)c21. The molecule has 0 aromatic heterocycles. The fourth-order valence-electron chi connectivity index (χ4n) is 2.25. The molecule has 0 saturated carbocycles. The van der Waals surface area contributed by atoms with Crippen molar-refractivity contribution < 1.29 is 9.68 Å². The second kappa shape index (κ2) is 7.42. The molecule has 118 valence electrons. The van der Waals surface area contributed by atoms with Crippen LogP contribution in [0.4, 0.5) is 5.69 Å². The second-order valence-corrected chi connectivity index (χ2v) is 7.46. The van der Waals surface area contributed by atoms with Gasteiger partial charge in [-0.05, 0) is 29.3 Å². The lowest BCUT2D eigenvalue weighted by molar-refractivity contribution is 0.275. The summed E-state index contributed by atoms with van der Waals surface area (Å²) in [4.78, 5) is 0. The zero-order valence-corrected chi connectivity index (χ0v) is 15.0. The average Bonchev–Trinajstić information content (AvgIpc) is 2.91. The van der Waals surface area contributed by atoms with Crippen LogP contribution in [0.3, 0.4) is 0 Å². The molecule has 2 N–H and O–H groups in total. The highest BCUT2D eigenvalue weighted by atomic mass is 35.5. The molecule has 1 aliphatic heterocycles. The van der Waals surface area contributed by atoms with Crippen molar-refractivity contribution >= 4 is 69.8 Å². The molecule has 0 fully saturated rings. The molecule has 0 unspecified atom stereocenters. The molecule has 0 atom stereocenters. The van der Waals surface area contributed by atoms with Gasteiger partial charge in [0.25, 0.3) is 0 Å². The number of fused-ring (bicyclic) bond motifs is 1. The van der Waals surface area contributed by atoms with E-state index in [0.717, 1.165) is 16.9 Å². The summed E-state index contributed by atoms with van der Waals surface area (Å²) >= 11 is 19.1. The van der Waals surface area contributed by atoms with Gasteiger partial charge in [0.2, 0.25) is 0 Å². The van der Waals surface area contributed by atoms with Crippen LogP contribution < -0.4 is 10.8 Å². The van der Waals surface area contributed by atoms with Crippen molar-refractivity contribution in [2.45, 2.75) is 12.4 Å². The third kappa shape index (κ3) is 4.02. The summed E-state index contributed by atoms with van der Waals surface area (Å²) in [6.07, 6.45) is 0. The van der Waals surface area contributed by atoms with Gasteiger partial charge in [-0.3, -0.25) is 0 Å². The monoisotopic (exact) mass is 383 g/mol. The van der Waals surface area contributed by atoms with E-state index in [2.05, 4.69) is 5.32 Å². The highest BCUT2D eigenvalue weighted by Crippen LogP contribution is 2.27. The van der Waals surface area contributed by atoms with Crippen LogP contribution in [0.2, 0.25) is 10.0 Å². The molecule has 23 heavy (non-hydrogen) atoms. The van der Waals surface area contributed by atoms with Crippen LogP contribution in [0.1, 0.15) is 11.1 Å². The summed E-state index contributed by atoms with van der Waals surface area (Å²) in [5.41, 5.74) is 3.31. The first-order valence-corrected chi connectivity index (χ1v) is 8.99. The molecule has 1 heterocycles. The minimum absolute atomic E-state index is 0.367. The molecule has 2 aromatic carbocycles. The van der Waals surface area contributed by atoms with Crippen molar-refractivity contribution in [2.75, 3.05) is 5.32 Å². The average molecular weight is 384 g/mol. The smallest absolute Gasteiger partial charge is 0.423 e. The minimum Gasteiger partial charge on any atom is -0.423 e. The molecule has 0 radical (unpaired) electrons. The number of hydrogen-bond donors (Lipinski definition) is 2. The summed E-state index contributed by atoms with van der Waals surface area (Å²) in [7, 11) is -0.977. The number of anilines is 1. The first-order chi connectivity index (χ1) is 11.0. The zero-order chi connectivity index (χ0) is 16.4. The Balaban J connectivity index is 1.64. The summed E-state index contributed by atoms with van der Waals surface area (Å²) in [6, 6.07) is 11.4. The van der Waals surface area contributed by atoms with Gasteiger partial charge in [-0.25, -0.2) is 0 Å². The van der Waals surface area contributed by atoms with Gasteiger partial charge in [0.1, 0.15) is 4.32 Å². The number of halogens is 2.